The Bertz CT molecular complexity index is 1110. The van der Waals surface area contributed by atoms with E-state index in [0.29, 0.717) is 18.7 Å². The van der Waals surface area contributed by atoms with Crippen molar-refractivity contribution in [3.8, 4) is 0 Å². The molecule has 1 aromatic heterocycles. The molecule has 2 aromatic carbocycles. The number of ether oxygens (including phenoxy) is 1. The Hall–Kier alpha value is -2.26. The average Bonchev–Trinajstić information content (AvgIpc) is 3.14. The Morgan fingerprint density at radius 2 is 1.81 bits per heavy atom. The molecule has 0 radical (unpaired) electrons. The van der Waals surface area contributed by atoms with E-state index in [4.69, 9.17) is 9.72 Å². The summed E-state index contributed by atoms with van der Waals surface area (Å²) in [6, 6.07) is 15.7. The van der Waals surface area contributed by atoms with E-state index in [1.54, 1.807) is 33.3 Å². The average molecular weight is 459 g/mol. The zero-order chi connectivity index (χ0) is 23.1. The van der Waals surface area contributed by atoms with Crippen LogP contribution in [0.3, 0.4) is 0 Å². The minimum Gasteiger partial charge on any atom is -0.383 e. The largest absolute Gasteiger partial charge is 0.383 e. The van der Waals surface area contributed by atoms with Gasteiger partial charge in [0.2, 0.25) is 10.0 Å². The topological polar surface area (TPSA) is 67.7 Å². The number of aromatic nitrogens is 2. The summed E-state index contributed by atoms with van der Waals surface area (Å²) < 4.78 is 33.8. The lowest BCUT2D eigenvalue weighted by Crippen LogP contribution is -2.29. The molecular weight excluding hydrogens is 424 g/mol. The molecule has 32 heavy (non-hydrogen) atoms. The van der Waals surface area contributed by atoms with Gasteiger partial charge in [-0.15, -0.1) is 0 Å². The van der Waals surface area contributed by atoms with Gasteiger partial charge in [-0.05, 0) is 50.1 Å². The Morgan fingerprint density at radius 1 is 1.06 bits per heavy atom. The minimum absolute atomic E-state index is 0.265. The van der Waals surface area contributed by atoms with Gasteiger partial charge in [-0.1, -0.05) is 30.3 Å². The molecule has 0 N–H and O–H groups in total. The summed E-state index contributed by atoms with van der Waals surface area (Å²) >= 11 is 0. The Balaban J connectivity index is 1.81. The van der Waals surface area contributed by atoms with E-state index < -0.39 is 10.0 Å². The number of hydrogen-bond donors (Lipinski definition) is 0. The SMILES string of the molecule is CCn1c(CN(CCCc2ccccc2)CCOC)nc2cc(S(=O)(=O)N(C)C)ccc21. The lowest BCUT2D eigenvalue weighted by molar-refractivity contribution is 0.141. The first-order chi connectivity index (χ1) is 15.4. The quantitative estimate of drug-likeness (QED) is 0.416. The van der Waals surface area contributed by atoms with Crippen molar-refractivity contribution in [1.82, 2.24) is 18.8 Å². The van der Waals surface area contributed by atoms with Crippen molar-refractivity contribution < 1.29 is 13.2 Å². The Kier molecular flexibility index (Phi) is 8.42. The van der Waals surface area contributed by atoms with E-state index in [1.165, 1.54) is 9.87 Å². The molecule has 0 aliphatic rings. The van der Waals surface area contributed by atoms with Crippen LogP contribution in [0.4, 0.5) is 0 Å². The van der Waals surface area contributed by atoms with Crippen LogP contribution in [-0.4, -0.2) is 68.1 Å². The van der Waals surface area contributed by atoms with Gasteiger partial charge in [0.1, 0.15) is 5.82 Å². The van der Waals surface area contributed by atoms with Crippen molar-refractivity contribution in [2.75, 3.05) is 40.9 Å². The van der Waals surface area contributed by atoms with E-state index in [2.05, 4.69) is 40.7 Å². The van der Waals surface area contributed by atoms with E-state index in [0.717, 1.165) is 43.8 Å². The number of methoxy groups -OCH3 is 1. The second-order valence-corrected chi connectivity index (χ2v) is 10.2. The fraction of sp³-hybridized carbons (Fsp3) is 0.458. The predicted octanol–water partition coefficient (Wildman–Crippen LogP) is 3.39. The molecule has 0 saturated carbocycles. The van der Waals surface area contributed by atoms with Crippen LogP contribution in [0.25, 0.3) is 11.0 Å². The van der Waals surface area contributed by atoms with Crippen LogP contribution in [0, 0.1) is 0 Å². The van der Waals surface area contributed by atoms with Crippen LogP contribution in [0.1, 0.15) is 24.7 Å². The van der Waals surface area contributed by atoms with Gasteiger partial charge >= 0.3 is 0 Å². The number of imidazole rings is 1. The number of aryl methyl sites for hydroxylation is 2. The van der Waals surface area contributed by atoms with Crippen LogP contribution in [0.5, 0.6) is 0 Å². The van der Waals surface area contributed by atoms with Crippen molar-refractivity contribution in [3.05, 3.63) is 59.9 Å². The van der Waals surface area contributed by atoms with Crippen LogP contribution in [0.15, 0.2) is 53.4 Å². The molecule has 0 unspecified atom stereocenters. The standard InChI is InChI=1S/C24H34N4O3S/c1-5-28-23-14-13-21(32(29,30)26(2)3)18-22(23)25-24(28)19-27(16-17-31-4)15-9-12-20-10-7-6-8-11-20/h6-8,10-11,13-14,18H,5,9,12,15-17,19H2,1-4H3. The number of hydrogen-bond acceptors (Lipinski definition) is 5. The van der Waals surface area contributed by atoms with Gasteiger partial charge in [0.15, 0.2) is 0 Å². The summed E-state index contributed by atoms with van der Waals surface area (Å²) in [6.07, 6.45) is 2.07. The number of sulfonamides is 1. The highest BCUT2D eigenvalue weighted by atomic mass is 32.2. The maximum absolute atomic E-state index is 12.5. The molecule has 0 saturated heterocycles. The number of nitrogens with zero attached hydrogens (tertiary/aromatic N) is 4. The normalized spacial score (nSPS) is 12.3. The second kappa shape index (κ2) is 11.0. The highest BCUT2D eigenvalue weighted by Crippen LogP contribution is 2.23. The van der Waals surface area contributed by atoms with Gasteiger partial charge in [-0.2, -0.15) is 0 Å². The summed E-state index contributed by atoms with van der Waals surface area (Å²) in [6.45, 7) is 5.96. The monoisotopic (exact) mass is 458 g/mol. The summed E-state index contributed by atoms with van der Waals surface area (Å²) in [5.74, 6) is 0.942. The highest BCUT2D eigenvalue weighted by Gasteiger charge is 2.20. The summed E-state index contributed by atoms with van der Waals surface area (Å²) in [4.78, 5) is 7.45. The third-order valence-corrected chi connectivity index (χ3v) is 7.46. The van der Waals surface area contributed by atoms with Gasteiger partial charge in [-0.25, -0.2) is 17.7 Å². The molecule has 0 amide bonds. The van der Waals surface area contributed by atoms with Crippen LogP contribution in [0.2, 0.25) is 0 Å². The second-order valence-electron chi connectivity index (χ2n) is 8.07. The minimum atomic E-state index is -3.49. The molecule has 0 spiro atoms. The van der Waals surface area contributed by atoms with Crippen LogP contribution >= 0.6 is 0 Å². The first-order valence-corrected chi connectivity index (χ1v) is 12.5. The molecule has 0 aliphatic heterocycles. The summed E-state index contributed by atoms with van der Waals surface area (Å²) in [7, 11) is 1.30. The Labute approximate surface area is 191 Å². The maximum atomic E-state index is 12.5. The summed E-state index contributed by atoms with van der Waals surface area (Å²) in [5, 5.41) is 0. The van der Waals surface area contributed by atoms with Gasteiger partial charge < -0.3 is 9.30 Å². The molecule has 174 valence electrons. The fourth-order valence-corrected chi connectivity index (χ4v) is 4.77. The number of rotatable bonds is 12. The van der Waals surface area contributed by atoms with Crippen LogP contribution < -0.4 is 0 Å². The van der Waals surface area contributed by atoms with Gasteiger partial charge in [0, 0.05) is 34.3 Å². The summed E-state index contributed by atoms with van der Waals surface area (Å²) in [5.41, 5.74) is 3.01. The molecule has 0 bridgehead atoms. The zero-order valence-electron chi connectivity index (χ0n) is 19.5. The van der Waals surface area contributed by atoms with Crippen molar-refractivity contribution in [3.63, 3.8) is 0 Å². The van der Waals surface area contributed by atoms with Crippen molar-refractivity contribution in [2.45, 2.75) is 37.8 Å². The van der Waals surface area contributed by atoms with E-state index >= 15 is 0 Å². The van der Waals surface area contributed by atoms with Gasteiger partial charge in [0.25, 0.3) is 0 Å². The smallest absolute Gasteiger partial charge is 0.242 e. The third kappa shape index (κ3) is 5.75. The van der Waals surface area contributed by atoms with Crippen molar-refractivity contribution in [1.29, 1.82) is 0 Å². The molecule has 0 fully saturated rings. The molecule has 0 atom stereocenters. The molecule has 0 aliphatic carbocycles. The molecule has 3 aromatic rings. The molecule has 1 heterocycles. The lowest BCUT2D eigenvalue weighted by atomic mass is 10.1. The third-order valence-electron chi connectivity index (χ3n) is 5.65. The maximum Gasteiger partial charge on any atom is 0.242 e. The Morgan fingerprint density at radius 3 is 2.47 bits per heavy atom. The molecule has 8 heteroatoms. The highest BCUT2D eigenvalue weighted by molar-refractivity contribution is 7.89. The van der Waals surface area contributed by atoms with Crippen molar-refractivity contribution in [2.24, 2.45) is 0 Å². The van der Waals surface area contributed by atoms with Crippen LogP contribution in [-0.2, 0) is 34.3 Å². The first kappa shape index (κ1) is 24.4. The number of benzene rings is 2. The van der Waals surface area contributed by atoms with E-state index in [-0.39, 0.29) is 4.90 Å². The predicted molar refractivity (Wildman–Crippen MR) is 128 cm³/mol. The van der Waals surface area contributed by atoms with E-state index in [9.17, 15) is 8.42 Å². The fourth-order valence-electron chi connectivity index (χ4n) is 3.85. The molecule has 3 rings (SSSR count). The van der Waals surface area contributed by atoms with E-state index in [1.807, 2.05) is 12.1 Å². The molecular formula is C24H34N4O3S. The lowest BCUT2D eigenvalue weighted by Gasteiger charge is -2.22. The van der Waals surface area contributed by atoms with Gasteiger partial charge in [0.05, 0.1) is 29.1 Å². The zero-order valence-corrected chi connectivity index (χ0v) is 20.3. The first-order valence-electron chi connectivity index (χ1n) is 11.0. The van der Waals surface area contributed by atoms with Gasteiger partial charge in [-0.3, -0.25) is 4.90 Å². The van der Waals surface area contributed by atoms with Crippen molar-refractivity contribution >= 4 is 21.1 Å². The molecule has 7 nitrogen and oxygen atoms in total. The number of fused-ring (bicyclic) bond motifs is 1.